The normalized spacial score (nSPS) is 20.4. The second-order valence-electron chi connectivity index (χ2n) is 7.37. The molecule has 27 heavy (non-hydrogen) atoms. The molecule has 0 radical (unpaired) electrons. The lowest BCUT2D eigenvalue weighted by molar-refractivity contribution is -0.130. The average molecular weight is 367 g/mol. The number of aryl methyl sites for hydroxylation is 1. The summed E-state index contributed by atoms with van der Waals surface area (Å²) in [5.74, 6) is 0.101. The Kier molecular flexibility index (Phi) is 7.02. The van der Waals surface area contributed by atoms with Gasteiger partial charge in [-0.1, -0.05) is 54.6 Å². The van der Waals surface area contributed by atoms with Crippen molar-refractivity contribution in [1.82, 2.24) is 10.2 Å². The molecule has 0 spiro atoms. The van der Waals surface area contributed by atoms with Gasteiger partial charge in [-0.05, 0) is 43.0 Å². The van der Waals surface area contributed by atoms with Crippen LogP contribution in [0.3, 0.4) is 0 Å². The van der Waals surface area contributed by atoms with E-state index >= 15 is 0 Å². The van der Waals surface area contributed by atoms with Gasteiger partial charge in [0.05, 0.1) is 12.5 Å². The minimum absolute atomic E-state index is 0.0357. The first-order chi connectivity index (χ1) is 13.2. The maximum absolute atomic E-state index is 13.0. The summed E-state index contributed by atoms with van der Waals surface area (Å²) in [5, 5.41) is 3.16. The first kappa shape index (κ1) is 19.6. The number of benzene rings is 2. The third-order valence-electron chi connectivity index (χ3n) is 5.51. The number of carbonyl (C=O) groups is 1. The van der Waals surface area contributed by atoms with E-state index in [0.717, 1.165) is 25.9 Å². The Bertz CT molecular complexity index is 732. The van der Waals surface area contributed by atoms with Gasteiger partial charge < -0.3 is 10.1 Å². The zero-order valence-corrected chi connectivity index (χ0v) is 16.4. The van der Waals surface area contributed by atoms with E-state index in [1.807, 2.05) is 18.2 Å². The van der Waals surface area contributed by atoms with Crippen LogP contribution >= 0.6 is 0 Å². The summed E-state index contributed by atoms with van der Waals surface area (Å²) in [6.45, 7) is 5.11. The summed E-state index contributed by atoms with van der Waals surface area (Å²) >= 11 is 0. The topological polar surface area (TPSA) is 41.6 Å². The molecular weight excluding hydrogens is 336 g/mol. The molecule has 1 aliphatic rings. The summed E-state index contributed by atoms with van der Waals surface area (Å²) in [7, 11) is 1.72. The van der Waals surface area contributed by atoms with Crippen LogP contribution < -0.4 is 5.32 Å². The summed E-state index contributed by atoms with van der Waals surface area (Å²) in [4.78, 5) is 15.4. The second kappa shape index (κ2) is 9.67. The van der Waals surface area contributed by atoms with E-state index in [-0.39, 0.29) is 17.9 Å². The molecule has 144 valence electrons. The molecule has 2 aromatic rings. The summed E-state index contributed by atoms with van der Waals surface area (Å²) < 4.78 is 5.49. The van der Waals surface area contributed by atoms with Crippen molar-refractivity contribution < 1.29 is 9.53 Å². The third kappa shape index (κ3) is 5.18. The van der Waals surface area contributed by atoms with E-state index in [2.05, 4.69) is 53.5 Å². The summed E-state index contributed by atoms with van der Waals surface area (Å²) in [6.07, 6.45) is 1.95. The maximum Gasteiger partial charge on any atom is 0.225 e. The van der Waals surface area contributed by atoms with Gasteiger partial charge in [0.25, 0.3) is 0 Å². The molecule has 1 saturated heterocycles. The quantitative estimate of drug-likeness (QED) is 0.815. The van der Waals surface area contributed by atoms with Crippen molar-refractivity contribution in [1.29, 1.82) is 0 Å². The Morgan fingerprint density at radius 2 is 1.89 bits per heavy atom. The molecule has 2 aromatic carbocycles. The summed E-state index contributed by atoms with van der Waals surface area (Å²) in [5.41, 5.74) is 3.66. The fraction of sp³-hybridized carbons (Fsp3) is 0.435. The number of carbonyl (C=O) groups excluding carboxylic acids is 1. The number of hydrogen-bond donors (Lipinski definition) is 1. The van der Waals surface area contributed by atoms with Crippen LogP contribution in [0.1, 0.15) is 29.5 Å². The molecule has 4 heteroatoms. The van der Waals surface area contributed by atoms with Crippen molar-refractivity contribution in [2.45, 2.75) is 38.9 Å². The van der Waals surface area contributed by atoms with Crippen LogP contribution in [0.25, 0.3) is 0 Å². The highest BCUT2D eigenvalue weighted by atomic mass is 16.5. The van der Waals surface area contributed by atoms with Gasteiger partial charge in [-0.2, -0.15) is 0 Å². The molecule has 0 bridgehead atoms. The van der Waals surface area contributed by atoms with Crippen molar-refractivity contribution in [3.05, 3.63) is 71.3 Å². The number of piperidine rings is 1. The van der Waals surface area contributed by atoms with Gasteiger partial charge >= 0.3 is 0 Å². The Hall–Kier alpha value is -2.17. The molecule has 1 fully saturated rings. The second-order valence-corrected chi connectivity index (χ2v) is 7.37. The minimum atomic E-state index is -0.0357. The predicted molar refractivity (Wildman–Crippen MR) is 108 cm³/mol. The Morgan fingerprint density at radius 1 is 1.15 bits per heavy atom. The van der Waals surface area contributed by atoms with E-state index in [0.29, 0.717) is 13.2 Å². The summed E-state index contributed by atoms with van der Waals surface area (Å²) in [6, 6.07) is 18.8. The van der Waals surface area contributed by atoms with Crippen LogP contribution in [-0.2, 0) is 22.6 Å². The number of methoxy groups -OCH3 is 1. The van der Waals surface area contributed by atoms with E-state index in [1.165, 1.54) is 16.7 Å². The van der Waals surface area contributed by atoms with Crippen LogP contribution in [0.5, 0.6) is 0 Å². The highest BCUT2D eigenvalue weighted by Gasteiger charge is 2.35. The maximum atomic E-state index is 13.0. The van der Waals surface area contributed by atoms with Gasteiger partial charge in [-0.3, -0.25) is 9.69 Å². The average Bonchev–Trinajstić information content (AvgIpc) is 2.69. The van der Waals surface area contributed by atoms with Crippen molar-refractivity contribution in [3.8, 4) is 0 Å². The molecule has 0 aliphatic carbocycles. The largest absolute Gasteiger partial charge is 0.383 e. The number of hydrogen-bond acceptors (Lipinski definition) is 3. The number of rotatable bonds is 7. The van der Waals surface area contributed by atoms with Gasteiger partial charge in [0.2, 0.25) is 5.91 Å². The first-order valence-corrected chi connectivity index (χ1v) is 9.78. The zero-order valence-electron chi connectivity index (χ0n) is 16.4. The molecule has 0 saturated carbocycles. The molecule has 1 amide bonds. The Balaban J connectivity index is 1.66. The number of nitrogens with one attached hydrogen (secondary N) is 1. The molecule has 0 unspecified atom stereocenters. The predicted octanol–water partition coefficient (Wildman–Crippen LogP) is 3.54. The van der Waals surface area contributed by atoms with Crippen molar-refractivity contribution in [2.24, 2.45) is 5.92 Å². The van der Waals surface area contributed by atoms with Crippen molar-refractivity contribution in [3.63, 3.8) is 0 Å². The fourth-order valence-electron chi connectivity index (χ4n) is 3.96. The smallest absolute Gasteiger partial charge is 0.225 e. The Morgan fingerprint density at radius 3 is 2.63 bits per heavy atom. The molecular formula is C23H30N2O2. The van der Waals surface area contributed by atoms with Crippen LogP contribution in [0.2, 0.25) is 0 Å². The van der Waals surface area contributed by atoms with E-state index in [1.54, 1.807) is 7.11 Å². The molecule has 1 N–H and O–H groups in total. The lowest BCUT2D eigenvalue weighted by Crippen LogP contribution is -2.52. The highest BCUT2D eigenvalue weighted by molar-refractivity contribution is 5.79. The van der Waals surface area contributed by atoms with Crippen LogP contribution in [0.4, 0.5) is 0 Å². The molecule has 4 nitrogen and oxygen atoms in total. The minimum Gasteiger partial charge on any atom is -0.383 e. The van der Waals surface area contributed by atoms with E-state index in [4.69, 9.17) is 4.74 Å². The number of amides is 1. The van der Waals surface area contributed by atoms with Crippen molar-refractivity contribution >= 4 is 5.91 Å². The number of likely N-dealkylation sites (tertiary alicyclic amines) is 1. The van der Waals surface area contributed by atoms with Gasteiger partial charge in [0.15, 0.2) is 0 Å². The Labute approximate surface area is 162 Å². The standard InChI is InChI=1S/C23H30N2O2/c1-18-9-6-7-12-20(18)15-24-23(26)21-13-8-14-25(22(21)17-27-2)16-19-10-4-3-5-11-19/h3-7,9-12,21-22H,8,13-17H2,1-2H3,(H,24,26)/t21-,22-/m1/s1. The number of nitrogens with zero attached hydrogens (tertiary/aromatic N) is 1. The first-order valence-electron chi connectivity index (χ1n) is 9.78. The van der Waals surface area contributed by atoms with Crippen molar-refractivity contribution in [2.75, 3.05) is 20.3 Å². The third-order valence-corrected chi connectivity index (χ3v) is 5.51. The molecule has 1 heterocycles. The van der Waals surface area contributed by atoms with Gasteiger partial charge in [-0.25, -0.2) is 0 Å². The lowest BCUT2D eigenvalue weighted by atomic mass is 9.88. The van der Waals surface area contributed by atoms with Crippen LogP contribution in [0.15, 0.2) is 54.6 Å². The van der Waals surface area contributed by atoms with Gasteiger partial charge in [0, 0.05) is 26.2 Å². The van der Waals surface area contributed by atoms with Crippen LogP contribution in [-0.4, -0.2) is 37.1 Å². The van der Waals surface area contributed by atoms with Crippen LogP contribution in [0, 0.1) is 12.8 Å². The van der Waals surface area contributed by atoms with E-state index in [9.17, 15) is 4.79 Å². The highest BCUT2D eigenvalue weighted by Crippen LogP contribution is 2.26. The SMILES string of the molecule is COC[C@@H]1[C@H](C(=O)NCc2ccccc2C)CCCN1Cc1ccccc1. The van der Waals surface area contributed by atoms with Gasteiger partial charge in [0.1, 0.15) is 0 Å². The van der Waals surface area contributed by atoms with E-state index < -0.39 is 0 Å². The molecule has 1 aliphatic heterocycles. The monoisotopic (exact) mass is 366 g/mol. The zero-order chi connectivity index (χ0) is 19.1. The molecule has 0 aromatic heterocycles. The molecule has 3 rings (SSSR count). The lowest BCUT2D eigenvalue weighted by Gasteiger charge is -2.40. The fourth-order valence-corrected chi connectivity index (χ4v) is 3.96. The number of ether oxygens (including phenoxy) is 1. The molecule has 2 atom stereocenters. The van der Waals surface area contributed by atoms with Gasteiger partial charge in [-0.15, -0.1) is 0 Å².